The quantitative estimate of drug-likeness (QED) is 0.850. The Kier molecular flexibility index (Phi) is 4.67. The SMILES string of the molecule is CCn1c(C)cc(CNc2cnn(CC(=O)NC)c2)c1C. The van der Waals surface area contributed by atoms with Crippen molar-refractivity contribution in [1.82, 2.24) is 19.7 Å². The maximum Gasteiger partial charge on any atom is 0.241 e. The molecule has 0 aliphatic heterocycles. The maximum atomic E-state index is 11.3. The number of aryl methyl sites for hydroxylation is 1. The molecule has 0 aliphatic rings. The van der Waals surface area contributed by atoms with Gasteiger partial charge in [-0.1, -0.05) is 0 Å². The standard InChI is InChI=1S/C15H23N5O/c1-5-20-11(2)6-13(12(20)3)7-17-14-8-18-19(9-14)10-15(21)16-4/h6,8-9,17H,5,7,10H2,1-4H3,(H,16,21). The van der Waals surface area contributed by atoms with Crippen molar-refractivity contribution in [3.8, 4) is 0 Å². The second kappa shape index (κ2) is 6.47. The van der Waals surface area contributed by atoms with Gasteiger partial charge in [-0.2, -0.15) is 5.10 Å². The van der Waals surface area contributed by atoms with Gasteiger partial charge in [-0.15, -0.1) is 0 Å². The zero-order valence-electron chi connectivity index (χ0n) is 13.1. The highest BCUT2D eigenvalue weighted by molar-refractivity contribution is 5.75. The molecule has 0 atom stereocenters. The Bertz CT molecular complexity index is 626. The maximum absolute atomic E-state index is 11.3. The summed E-state index contributed by atoms with van der Waals surface area (Å²) < 4.78 is 3.92. The third kappa shape index (κ3) is 3.45. The molecule has 2 rings (SSSR count). The molecule has 0 radical (unpaired) electrons. The van der Waals surface area contributed by atoms with Crippen LogP contribution in [-0.4, -0.2) is 27.3 Å². The van der Waals surface area contributed by atoms with E-state index in [1.54, 1.807) is 17.9 Å². The molecule has 2 heterocycles. The van der Waals surface area contributed by atoms with E-state index in [2.05, 4.69) is 47.1 Å². The largest absolute Gasteiger partial charge is 0.378 e. The number of rotatable bonds is 6. The van der Waals surface area contributed by atoms with Gasteiger partial charge in [-0.3, -0.25) is 9.48 Å². The van der Waals surface area contributed by atoms with Gasteiger partial charge < -0.3 is 15.2 Å². The van der Waals surface area contributed by atoms with Crippen molar-refractivity contribution in [2.75, 3.05) is 12.4 Å². The van der Waals surface area contributed by atoms with Crippen molar-refractivity contribution in [2.45, 2.75) is 40.4 Å². The molecule has 0 unspecified atom stereocenters. The van der Waals surface area contributed by atoms with Gasteiger partial charge in [-0.25, -0.2) is 0 Å². The molecule has 0 aliphatic carbocycles. The van der Waals surface area contributed by atoms with E-state index >= 15 is 0 Å². The second-order valence-corrected chi connectivity index (χ2v) is 5.09. The molecule has 2 aromatic heterocycles. The fourth-order valence-corrected chi connectivity index (χ4v) is 2.50. The van der Waals surface area contributed by atoms with Gasteiger partial charge in [0.25, 0.3) is 0 Å². The van der Waals surface area contributed by atoms with Crippen LogP contribution in [0.4, 0.5) is 5.69 Å². The number of nitrogens with one attached hydrogen (secondary N) is 2. The van der Waals surface area contributed by atoms with Crippen molar-refractivity contribution < 1.29 is 4.79 Å². The molecule has 2 N–H and O–H groups in total. The minimum atomic E-state index is -0.0591. The van der Waals surface area contributed by atoms with Crippen LogP contribution in [0.5, 0.6) is 0 Å². The zero-order chi connectivity index (χ0) is 15.4. The number of hydrogen-bond acceptors (Lipinski definition) is 3. The highest BCUT2D eigenvalue weighted by Gasteiger charge is 2.08. The summed E-state index contributed by atoms with van der Waals surface area (Å²) in [6.45, 7) is 8.40. The highest BCUT2D eigenvalue weighted by atomic mass is 16.1. The second-order valence-electron chi connectivity index (χ2n) is 5.09. The molecule has 2 aromatic rings. The lowest BCUT2D eigenvalue weighted by Crippen LogP contribution is -2.23. The Labute approximate surface area is 125 Å². The van der Waals surface area contributed by atoms with Crippen LogP contribution in [0.3, 0.4) is 0 Å². The third-order valence-corrected chi connectivity index (χ3v) is 3.70. The fourth-order valence-electron chi connectivity index (χ4n) is 2.50. The summed E-state index contributed by atoms with van der Waals surface area (Å²) in [4.78, 5) is 11.3. The Morgan fingerprint density at radius 2 is 2.14 bits per heavy atom. The van der Waals surface area contributed by atoms with Gasteiger partial charge >= 0.3 is 0 Å². The first kappa shape index (κ1) is 15.2. The summed E-state index contributed by atoms with van der Waals surface area (Å²) in [7, 11) is 1.62. The minimum Gasteiger partial charge on any atom is -0.378 e. The first-order chi connectivity index (χ1) is 10.0. The number of anilines is 1. The van der Waals surface area contributed by atoms with E-state index in [-0.39, 0.29) is 12.5 Å². The van der Waals surface area contributed by atoms with Crippen LogP contribution in [0.2, 0.25) is 0 Å². The summed E-state index contributed by atoms with van der Waals surface area (Å²) >= 11 is 0. The average Bonchev–Trinajstić information content (AvgIpc) is 3.01. The van der Waals surface area contributed by atoms with Crippen molar-refractivity contribution in [2.24, 2.45) is 0 Å². The predicted molar refractivity (Wildman–Crippen MR) is 83.2 cm³/mol. The summed E-state index contributed by atoms with van der Waals surface area (Å²) in [5, 5.41) is 10.1. The van der Waals surface area contributed by atoms with E-state index in [4.69, 9.17) is 0 Å². The molecule has 0 saturated heterocycles. The molecule has 6 heteroatoms. The zero-order valence-corrected chi connectivity index (χ0v) is 13.1. The minimum absolute atomic E-state index is 0.0591. The van der Waals surface area contributed by atoms with E-state index in [0.29, 0.717) is 0 Å². The molecule has 0 aromatic carbocycles. The van der Waals surface area contributed by atoms with Gasteiger partial charge in [0.05, 0.1) is 11.9 Å². The molecular weight excluding hydrogens is 266 g/mol. The number of likely N-dealkylation sites (N-methyl/N-ethyl adjacent to an activating group) is 1. The van der Waals surface area contributed by atoms with E-state index in [0.717, 1.165) is 18.8 Å². The molecule has 6 nitrogen and oxygen atoms in total. The number of nitrogens with zero attached hydrogens (tertiary/aromatic N) is 3. The molecule has 1 amide bonds. The summed E-state index contributed by atoms with van der Waals surface area (Å²) in [6, 6.07) is 2.21. The Morgan fingerprint density at radius 3 is 2.76 bits per heavy atom. The Balaban J connectivity index is 1.99. The first-order valence-corrected chi connectivity index (χ1v) is 7.17. The first-order valence-electron chi connectivity index (χ1n) is 7.17. The average molecular weight is 289 g/mol. The summed E-state index contributed by atoms with van der Waals surface area (Å²) in [5.74, 6) is -0.0591. The molecular formula is C15H23N5O. The topological polar surface area (TPSA) is 63.9 Å². The van der Waals surface area contributed by atoms with Gasteiger partial charge in [0, 0.05) is 37.7 Å². The van der Waals surface area contributed by atoms with Crippen LogP contribution in [0.25, 0.3) is 0 Å². The van der Waals surface area contributed by atoms with Crippen molar-refractivity contribution >= 4 is 11.6 Å². The molecule has 21 heavy (non-hydrogen) atoms. The lowest BCUT2D eigenvalue weighted by atomic mass is 10.2. The molecule has 0 bridgehead atoms. The van der Waals surface area contributed by atoms with E-state index < -0.39 is 0 Å². The molecule has 114 valence electrons. The number of hydrogen-bond donors (Lipinski definition) is 2. The predicted octanol–water partition coefficient (Wildman–Crippen LogP) is 1.68. The van der Waals surface area contributed by atoms with Crippen molar-refractivity contribution in [3.05, 3.63) is 35.4 Å². The lowest BCUT2D eigenvalue weighted by molar-refractivity contribution is -0.121. The van der Waals surface area contributed by atoms with Crippen molar-refractivity contribution in [3.63, 3.8) is 0 Å². The van der Waals surface area contributed by atoms with Crippen LogP contribution in [0, 0.1) is 13.8 Å². The number of carbonyl (C=O) groups is 1. The number of amides is 1. The van der Waals surface area contributed by atoms with E-state index in [1.807, 2.05) is 6.20 Å². The number of carbonyl (C=O) groups excluding carboxylic acids is 1. The Hall–Kier alpha value is -2.24. The van der Waals surface area contributed by atoms with Crippen LogP contribution < -0.4 is 10.6 Å². The van der Waals surface area contributed by atoms with Crippen LogP contribution in [0.1, 0.15) is 23.9 Å². The lowest BCUT2D eigenvalue weighted by Gasteiger charge is -2.07. The smallest absolute Gasteiger partial charge is 0.241 e. The van der Waals surface area contributed by atoms with Gasteiger partial charge in [-0.05, 0) is 32.4 Å². The number of aromatic nitrogens is 3. The van der Waals surface area contributed by atoms with Gasteiger partial charge in [0.2, 0.25) is 5.91 Å². The highest BCUT2D eigenvalue weighted by Crippen LogP contribution is 2.16. The van der Waals surface area contributed by atoms with E-state index in [1.165, 1.54) is 17.0 Å². The molecule has 0 saturated carbocycles. The monoisotopic (exact) mass is 289 g/mol. The van der Waals surface area contributed by atoms with E-state index in [9.17, 15) is 4.79 Å². The normalized spacial score (nSPS) is 10.7. The summed E-state index contributed by atoms with van der Waals surface area (Å²) in [6.07, 6.45) is 3.58. The van der Waals surface area contributed by atoms with Crippen molar-refractivity contribution in [1.29, 1.82) is 0 Å². The van der Waals surface area contributed by atoms with Crippen LogP contribution >= 0.6 is 0 Å². The molecule has 0 fully saturated rings. The third-order valence-electron chi connectivity index (χ3n) is 3.70. The van der Waals surface area contributed by atoms with Crippen LogP contribution in [0.15, 0.2) is 18.5 Å². The fraction of sp³-hybridized carbons (Fsp3) is 0.467. The van der Waals surface area contributed by atoms with Crippen LogP contribution in [-0.2, 0) is 24.4 Å². The van der Waals surface area contributed by atoms with Gasteiger partial charge in [0.1, 0.15) is 6.54 Å². The summed E-state index contributed by atoms with van der Waals surface area (Å²) in [5.41, 5.74) is 4.77. The molecule has 0 spiro atoms. The van der Waals surface area contributed by atoms with Gasteiger partial charge in [0.15, 0.2) is 0 Å². The Morgan fingerprint density at radius 1 is 1.38 bits per heavy atom.